The van der Waals surface area contributed by atoms with Crippen molar-refractivity contribution in [3.8, 4) is 0 Å². The molecule has 2 aliphatic carbocycles. The van der Waals surface area contributed by atoms with Gasteiger partial charge in [-0.2, -0.15) is 0 Å². The van der Waals surface area contributed by atoms with Gasteiger partial charge in [0.1, 0.15) is 6.29 Å². The van der Waals surface area contributed by atoms with Crippen LogP contribution in [0.25, 0.3) is 0 Å². The molecule has 0 saturated heterocycles. The Morgan fingerprint density at radius 2 is 1.91 bits per heavy atom. The van der Waals surface area contributed by atoms with Gasteiger partial charge in [0.25, 0.3) is 0 Å². The zero-order valence-corrected chi connectivity index (χ0v) is 15.1. The first kappa shape index (κ1) is 17.7. The molecule has 2 aliphatic rings. The van der Waals surface area contributed by atoms with E-state index in [0.29, 0.717) is 11.3 Å². The van der Waals surface area contributed by atoms with Crippen LogP contribution in [0, 0.1) is 11.3 Å². The van der Waals surface area contributed by atoms with E-state index in [1.54, 1.807) is 6.08 Å². The van der Waals surface area contributed by atoms with Gasteiger partial charge in [0.15, 0.2) is 0 Å². The van der Waals surface area contributed by atoms with E-state index in [1.807, 2.05) is 0 Å². The molecular weight excluding hydrogens is 280 g/mol. The third-order valence-electron chi connectivity index (χ3n) is 5.01. The van der Waals surface area contributed by atoms with Crippen LogP contribution in [0.15, 0.2) is 58.7 Å². The van der Waals surface area contributed by atoms with Gasteiger partial charge in [-0.3, -0.25) is 4.79 Å². The van der Waals surface area contributed by atoms with Crippen LogP contribution in [-0.2, 0) is 4.79 Å². The average molecular weight is 310 g/mol. The van der Waals surface area contributed by atoms with Crippen molar-refractivity contribution in [1.82, 2.24) is 0 Å². The fourth-order valence-corrected chi connectivity index (χ4v) is 3.41. The number of carbonyl (C=O) groups is 1. The SMILES string of the molecule is CC1=C(/C=C/C(C)=C/C=C\C(=C\C=O)C2CC2)C(C)(C)CCC1. The summed E-state index contributed by atoms with van der Waals surface area (Å²) in [6.07, 6.45) is 19.6. The Hall–Kier alpha value is -1.63. The highest BCUT2D eigenvalue weighted by atomic mass is 16.1. The van der Waals surface area contributed by atoms with E-state index in [1.165, 1.54) is 54.4 Å². The molecule has 0 N–H and O–H groups in total. The molecule has 0 bridgehead atoms. The zero-order chi connectivity index (χ0) is 16.9. The van der Waals surface area contributed by atoms with Crippen LogP contribution in [0.1, 0.15) is 59.8 Å². The maximum Gasteiger partial charge on any atom is 0.143 e. The van der Waals surface area contributed by atoms with Crippen molar-refractivity contribution in [2.45, 2.75) is 59.8 Å². The fourth-order valence-electron chi connectivity index (χ4n) is 3.41. The third kappa shape index (κ3) is 5.20. The van der Waals surface area contributed by atoms with Crippen molar-refractivity contribution in [3.05, 3.63) is 58.7 Å². The molecule has 0 atom stereocenters. The van der Waals surface area contributed by atoms with Gasteiger partial charge in [-0.15, -0.1) is 0 Å². The van der Waals surface area contributed by atoms with Crippen LogP contribution in [0.5, 0.6) is 0 Å². The highest BCUT2D eigenvalue weighted by Crippen LogP contribution is 2.40. The number of allylic oxidation sites excluding steroid dienone is 10. The van der Waals surface area contributed by atoms with Gasteiger partial charge in [0.2, 0.25) is 0 Å². The van der Waals surface area contributed by atoms with Gasteiger partial charge in [0, 0.05) is 0 Å². The van der Waals surface area contributed by atoms with Crippen molar-refractivity contribution in [3.63, 3.8) is 0 Å². The Labute approximate surface area is 141 Å². The molecule has 0 aromatic rings. The van der Waals surface area contributed by atoms with Gasteiger partial charge in [0.05, 0.1) is 0 Å². The van der Waals surface area contributed by atoms with Crippen molar-refractivity contribution in [2.24, 2.45) is 11.3 Å². The first-order valence-corrected chi connectivity index (χ1v) is 8.82. The topological polar surface area (TPSA) is 17.1 Å². The average Bonchev–Trinajstić information content (AvgIpc) is 3.29. The lowest BCUT2D eigenvalue weighted by molar-refractivity contribution is -0.104. The third-order valence-corrected chi connectivity index (χ3v) is 5.01. The lowest BCUT2D eigenvalue weighted by Gasteiger charge is -2.32. The molecule has 0 heterocycles. The minimum atomic E-state index is 0.292. The zero-order valence-electron chi connectivity index (χ0n) is 15.1. The second-order valence-corrected chi connectivity index (χ2v) is 7.61. The molecule has 0 amide bonds. The summed E-state index contributed by atoms with van der Waals surface area (Å²) in [7, 11) is 0. The van der Waals surface area contributed by atoms with Crippen molar-refractivity contribution in [2.75, 3.05) is 0 Å². The summed E-state index contributed by atoms with van der Waals surface area (Å²) in [5.41, 5.74) is 5.73. The van der Waals surface area contributed by atoms with Crippen molar-refractivity contribution < 1.29 is 4.79 Å². The first-order chi connectivity index (χ1) is 10.9. The van der Waals surface area contributed by atoms with Crippen LogP contribution < -0.4 is 0 Å². The maximum absolute atomic E-state index is 10.7. The van der Waals surface area contributed by atoms with E-state index in [4.69, 9.17) is 0 Å². The van der Waals surface area contributed by atoms with Crippen LogP contribution >= 0.6 is 0 Å². The lowest BCUT2D eigenvalue weighted by Crippen LogP contribution is -2.19. The van der Waals surface area contributed by atoms with E-state index in [2.05, 4.69) is 58.1 Å². The highest BCUT2D eigenvalue weighted by Gasteiger charge is 2.26. The first-order valence-electron chi connectivity index (χ1n) is 8.82. The standard InChI is InChI=1S/C22H30O/c1-17(7-5-9-19(14-16-23)20-11-12-20)10-13-21-18(2)8-6-15-22(21,3)4/h5,7,9-10,13-14,16,20H,6,8,11-12,15H2,1-4H3/b9-5-,13-10+,17-7+,19-14-. The summed E-state index contributed by atoms with van der Waals surface area (Å²) in [6.45, 7) is 9.10. The second-order valence-electron chi connectivity index (χ2n) is 7.61. The van der Waals surface area contributed by atoms with Gasteiger partial charge < -0.3 is 0 Å². The smallest absolute Gasteiger partial charge is 0.143 e. The molecule has 1 saturated carbocycles. The Morgan fingerprint density at radius 1 is 1.17 bits per heavy atom. The Balaban J connectivity index is 2.04. The molecule has 0 aliphatic heterocycles. The fraction of sp³-hybridized carbons (Fsp3) is 0.500. The summed E-state index contributed by atoms with van der Waals surface area (Å²) in [6, 6.07) is 0. The molecule has 1 fully saturated rings. The molecule has 0 spiro atoms. The molecule has 0 aromatic heterocycles. The molecule has 0 aromatic carbocycles. The van der Waals surface area contributed by atoms with Crippen LogP contribution in [-0.4, -0.2) is 6.29 Å². The predicted octanol–water partition coefficient (Wildman–Crippen LogP) is 6.11. The van der Waals surface area contributed by atoms with Gasteiger partial charge >= 0.3 is 0 Å². The van der Waals surface area contributed by atoms with Crippen molar-refractivity contribution >= 4 is 6.29 Å². The van der Waals surface area contributed by atoms with E-state index in [0.717, 1.165) is 6.29 Å². The Kier molecular flexibility index (Phi) is 5.98. The normalized spacial score (nSPS) is 23.1. The van der Waals surface area contributed by atoms with Gasteiger partial charge in [-0.25, -0.2) is 0 Å². The number of hydrogen-bond acceptors (Lipinski definition) is 1. The molecule has 1 nitrogen and oxygen atoms in total. The molecule has 0 radical (unpaired) electrons. The van der Waals surface area contributed by atoms with E-state index in [9.17, 15) is 4.79 Å². The number of hydrogen-bond donors (Lipinski definition) is 0. The summed E-state index contributed by atoms with van der Waals surface area (Å²) in [5.74, 6) is 0.608. The number of rotatable bonds is 6. The molecule has 1 heteroatoms. The van der Waals surface area contributed by atoms with Gasteiger partial charge in [-0.1, -0.05) is 55.4 Å². The second kappa shape index (κ2) is 7.77. The summed E-state index contributed by atoms with van der Waals surface area (Å²) < 4.78 is 0. The summed E-state index contributed by atoms with van der Waals surface area (Å²) in [5, 5.41) is 0. The number of carbonyl (C=O) groups excluding carboxylic acids is 1. The highest BCUT2D eigenvalue weighted by molar-refractivity contribution is 5.67. The van der Waals surface area contributed by atoms with E-state index in [-0.39, 0.29) is 0 Å². The maximum atomic E-state index is 10.7. The molecule has 0 unspecified atom stereocenters. The molecule has 124 valence electrons. The van der Waals surface area contributed by atoms with E-state index < -0.39 is 0 Å². The summed E-state index contributed by atoms with van der Waals surface area (Å²) in [4.78, 5) is 10.7. The van der Waals surface area contributed by atoms with Gasteiger partial charge in [-0.05, 0) is 74.5 Å². The molecule has 23 heavy (non-hydrogen) atoms. The Bertz CT molecular complexity index is 589. The molecule has 2 rings (SSSR count). The van der Waals surface area contributed by atoms with Crippen LogP contribution in [0.4, 0.5) is 0 Å². The molecular formula is C22H30O. The minimum Gasteiger partial charge on any atom is -0.299 e. The Morgan fingerprint density at radius 3 is 2.52 bits per heavy atom. The lowest BCUT2D eigenvalue weighted by atomic mass is 9.72. The monoisotopic (exact) mass is 310 g/mol. The van der Waals surface area contributed by atoms with Crippen LogP contribution in [0.3, 0.4) is 0 Å². The quantitative estimate of drug-likeness (QED) is 0.329. The largest absolute Gasteiger partial charge is 0.299 e. The number of aldehydes is 1. The van der Waals surface area contributed by atoms with Crippen molar-refractivity contribution in [1.29, 1.82) is 0 Å². The van der Waals surface area contributed by atoms with E-state index >= 15 is 0 Å². The minimum absolute atomic E-state index is 0.292. The summed E-state index contributed by atoms with van der Waals surface area (Å²) >= 11 is 0. The van der Waals surface area contributed by atoms with Crippen LogP contribution in [0.2, 0.25) is 0 Å². The predicted molar refractivity (Wildman–Crippen MR) is 99.2 cm³/mol.